The highest BCUT2D eigenvalue weighted by Gasteiger charge is 2.31. The van der Waals surface area contributed by atoms with Crippen molar-refractivity contribution in [2.24, 2.45) is 5.92 Å². The summed E-state index contributed by atoms with van der Waals surface area (Å²) in [6.07, 6.45) is 4.92. The molecule has 19 heavy (non-hydrogen) atoms. The Morgan fingerprint density at radius 2 is 1.95 bits per heavy atom. The molecule has 1 saturated heterocycles. The van der Waals surface area contributed by atoms with Crippen molar-refractivity contribution < 1.29 is 4.74 Å². The first-order chi connectivity index (χ1) is 9.20. The minimum absolute atomic E-state index is 0.665. The van der Waals surface area contributed by atoms with Crippen LogP contribution in [0.5, 0.6) is 0 Å². The van der Waals surface area contributed by atoms with Gasteiger partial charge in [0.2, 0.25) is 0 Å². The number of rotatable bonds is 9. The molecule has 0 radical (unpaired) electrons. The van der Waals surface area contributed by atoms with Gasteiger partial charge in [0.15, 0.2) is 0 Å². The van der Waals surface area contributed by atoms with E-state index in [1.165, 1.54) is 32.2 Å². The molecule has 3 unspecified atom stereocenters. The van der Waals surface area contributed by atoms with Crippen LogP contribution in [0.1, 0.15) is 53.4 Å². The lowest BCUT2D eigenvalue weighted by molar-refractivity contribution is 0.0439. The molecule has 0 aromatic carbocycles. The third-order valence-electron chi connectivity index (χ3n) is 4.52. The van der Waals surface area contributed by atoms with Crippen molar-refractivity contribution in [2.75, 3.05) is 32.8 Å². The summed E-state index contributed by atoms with van der Waals surface area (Å²) in [5, 5.41) is 3.70. The highest BCUT2D eigenvalue weighted by atomic mass is 16.5. The SMILES string of the molecule is CCCCOCCN1CCC(NCCC)C(C)C1C. The van der Waals surface area contributed by atoms with Gasteiger partial charge < -0.3 is 10.1 Å². The molecule has 1 heterocycles. The van der Waals surface area contributed by atoms with Crippen LogP contribution >= 0.6 is 0 Å². The number of unbranched alkanes of at least 4 members (excludes halogenated alkanes) is 1. The molecule has 3 atom stereocenters. The average Bonchev–Trinajstić information content (AvgIpc) is 2.42. The number of likely N-dealkylation sites (tertiary alicyclic amines) is 1. The number of hydrogen-bond donors (Lipinski definition) is 1. The van der Waals surface area contributed by atoms with Crippen molar-refractivity contribution in [3.63, 3.8) is 0 Å². The second-order valence-electron chi connectivity index (χ2n) is 5.95. The van der Waals surface area contributed by atoms with E-state index < -0.39 is 0 Å². The smallest absolute Gasteiger partial charge is 0.0593 e. The summed E-state index contributed by atoms with van der Waals surface area (Å²) < 4.78 is 5.69. The molecule has 0 aliphatic carbocycles. The van der Waals surface area contributed by atoms with Crippen molar-refractivity contribution in [1.29, 1.82) is 0 Å². The molecule has 0 amide bonds. The molecule has 1 fully saturated rings. The van der Waals surface area contributed by atoms with Crippen LogP contribution in [-0.4, -0.2) is 49.8 Å². The maximum atomic E-state index is 5.69. The van der Waals surface area contributed by atoms with Crippen LogP contribution in [0.4, 0.5) is 0 Å². The zero-order chi connectivity index (χ0) is 14.1. The maximum Gasteiger partial charge on any atom is 0.0593 e. The molecule has 114 valence electrons. The Morgan fingerprint density at radius 1 is 1.16 bits per heavy atom. The molecule has 0 spiro atoms. The van der Waals surface area contributed by atoms with Crippen LogP contribution in [0.2, 0.25) is 0 Å². The van der Waals surface area contributed by atoms with Crippen molar-refractivity contribution in [1.82, 2.24) is 10.2 Å². The standard InChI is InChI=1S/C16H34N2O/c1-5-7-12-19-13-11-18-10-8-16(17-9-6-2)14(3)15(18)4/h14-17H,5-13H2,1-4H3. The van der Waals surface area contributed by atoms with E-state index in [1.54, 1.807) is 0 Å². The predicted octanol–water partition coefficient (Wildman–Crippen LogP) is 2.90. The first-order valence-electron chi connectivity index (χ1n) is 8.25. The number of nitrogens with one attached hydrogen (secondary N) is 1. The lowest BCUT2D eigenvalue weighted by Crippen LogP contribution is -2.54. The molecular formula is C16H34N2O. The summed E-state index contributed by atoms with van der Waals surface area (Å²) in [6, 6.07) is 1.37. The lowest BCUT2D eigenvalue weighted by Gasteiger charge is -2.43. The van der Waals surface area contributed by atoms with Crippen molar-refractivity contribution in [3.05, 3.63) is 0 Å². The van der Waals surface area contributed by atoms with E-state index in [0.717, 1.165) is 32.2 Å². The zero-order valence-corrected chi connectivity index (χ0v) is 13.5. The fourth-order valence-corrected chi connectivity index (χ4v) is 2.90. The number of hydrogen-bond acceptors (Lipinski definition) is 3. The maximum absolute atomic E-state index is 5.69. The van der Waals surface area contributed by atoms with E-state index in [1.807, 2.05) is 0 Å². The summed E-state index contributed by atoms with van der Waals surface area (Å²) >= 11 is 0. The monoisotopic (exact) mass is 270 g/mol. The van der Waals surface area contributed by atoms with Gasteiger partial charge in [-0.15, -0.1) is 0 Å². The Balaban J connectivity index is 2.23. The van der Waals surface area contributed by atoms with Gasteiger partial charge in [0, 0.05) is 31.8 Å². The van der Waals surface area contributed by atoms with E-state index in [2.05, 4.69) is 37.9 Å². The molecule has 0 aromatic heterocycles. The Labute approximate surface area is 120 Å². The molecule has 3 heteroatoms. The van der Waals surface area contributed by atoms with Gasteiger partial charge in [0.1, 0.15) is 0 Å². The van der Waals surface area contributed by atoms with Gasteiger partial charge in [0.05, 0.1) is 6.61 Å². The summed E-state index contributed by atoms with van der Waals surface area (Å²) in [4.78, 5) is 2.60. The quantitative estimate of drug-likeness (QED) is 0.652. The number of piperidine rings is 1. The Kier molecular flexibility index (Phi) is 8.67. The Hall–Kier alpha value is -0.120. The van der Waals surface area contributed by atoms with Gasteiger partial charge in [0.25, 0.3) is 0 Å². The van der Waals surface area contributed by atoms with E-state index in [9.17, 15) is 0 Å². The van der Waals surface area contributed by atoms with Gasteiger partial charge >= 0.3 is 0 Å². The largest absolute Gasteiger partial charge is 0.380 e. The van der Waals surface area contributed by atoms with Gasteiger partial charge in [-0.1, -0.05) is 27.2 Å². The third-order valence-corrected chi connectivity index (χ3v) is 4.52. The first-order valence-corrected chi connectivity index (χ1v) is 8.25. The molecule has 1 N–H and O–H groups in total. The van der Waals surface area contributed by atoms with Gasteiger partial charge in [-0.3, -0.25) is 4.90 Å². The summed E-state index contributed by atoms with van der Waals surface area (Å²) in [5.74, 6) is 0.732. The van der Waals surface area contributed by atoms with Gasteiger partial charge in [-0.2, -0.15) is 0 Å². The predicted molar refractivity (Wildman–Crippen MR) is 82.6 cm³/mol. The molecular weight excluding hydrogens is 236 g/mol. The lowest BCUT2D eigenvalue weighted by atomic mass is 9.87. The van der Waals surface area contributed by atoms with Crippen LogP contribution in [0.25, 0.3) is 0 Å². The van der Waals surface area contributed by atoms with Crippen molar-refractivity contribution >= 4 is 0 Å². The van der Waals surface area contributed by atoms with Crippen molar-refractivity contribution in [3.8, 4) is 0 Å². The van der Waals surface area contributed by atoms with E-state index in [0.29, 0.717) is 12.1 Å². The van der Waals surface area contributed by atoms with E-state index in [4.69, 9.17) is 4.74 Å². The second-order valence-corrected chi connectivity index (χ2v) is 5.95. The minimum atomic E-state index is 0.665. The zero-order valence-electron chi connectivity index (χ0n) is 13.5. The first kappa shape index (κ1) is 16.9. The Morgan fingerprint density at radius 3 is 2.63 bits per heavy atom. The number of ether oxygens (including phenoxy) is 1. The second kappa shape index (κ2) is 9.73. The highest BCUT2D eigenvalue weighted by Crippen LogP contribution is 2.23. The van der Waals surface area contributed by atoms with Crippen molar-refractivity contribution in [2.45, 2.75) is 65.5 Å². The average molecular weight is 270 g/mol. The Bertz CT molecular complexity index is 221. The normalized spacial score (nSPS) is 28.7. The van der Waals surface area contributed by atoms with Crippen LogP contribution < -0.4 is 5.32 Å². The van der Waals surface area contributed by atoms with Gasteiger partial charge in [-0.25, -0.2) is 0 Å². The fraction of sp³-hybridized carbons (Fsp3) is 1.00. The van der Waals surface area contributed by atoms with Gasteiger partial charge in [-0.05, 0) is 38.6 Å². The molecule has 3 nitrogen and oxygen atoms in total. The highest BCUT2D eigenvalue weighted by molar-refractivity contribution is 4.88. The third kappa shape index (κ3) is 5.80. The van der Waals surface area contributed by atoms with Crippen LogP contribution in [0, 0.1) is 5.92 Å². The molecule has 1 aliphatic heterocycles. The topological polar surface area (TPSA) is 24.5 Å². The molecule has 1 aliphatic rings. The minimum Gasteiger partial charge on any atom is -0.380 e. The summed E-state index contributed by atoms with van der Waals surface area (Å²) in [5.41, 5.74) is 0. The molecule has 0 aromatic rings. The molecule has 0 saturated carbocycles. The molecule has 0 bridgehead atoms. The van der Waals surface area contributed by atoms with Crippen LogP contribution in [0.3, 0.4) is 0 Å². The number of nitrogens with zero attached hydrogens (tertiary/aromatic N) is 1. The summed E-state index contributed by atoms with van der Waals surface area (Å²) in [6.45, 7) is 14.5. The van der Waals surface area contributed by atoms with E-state index >= 15 is 0 Å². The van der Waals surface area contributed by atoms with E-state index in [-0.39, 0.29) is 0 Å². The van der Waals surface area contributed by atoms with Crippen LogP contribution in [0.15, 0.2) is 0 Å². The summed E-state index contributed by atoms with van der Waals surface area (Å²) in [7, 11) is 0. The fourth-order valence-electron chi connectivity index (χ4n) is 2.90. The van der Waals surface area contributed by atoms with Crippen LogP contribution in [-0.2, 0) is 4.74 Å². The molecule has 1 rings (SSSR count).